The maximum absolute atomic E-state index is 3.36. The highest BCUT2D eigenvalue weighted by molar-refractivity contribution is 4.76. The van der Waals surface area contributed by atoms with Crippen molar-refractivity contribution in [2.75, 3.05) is 0 Å². The molecule has 0 atom stereocenters. The van der Waals surface area contributed by atoms with E-state index in [-0.39, 0.29) is 0 Å². The molecule has 0 aromatic heterocycles. The van der Waals surface area contributed by atoms with E-state index in [0.29, 0.717) is 0 Å². The quantitative estimate of drug-likeness (QED) is 0.466. The summed E-state index contributed by atoms with van der Waals surface area (Å²) in [5.41, 5.74) is 0. The summed E-state index contributed by atoms with van der Waals surface area (Å²) < 4.78 is 0. The molecule has 2 saturated carbocycles. The zero-order valence-electron chi connectivity index (χ0n) is 12.5. The van der Waals surface area contributed by atoms with E-state index in [1.165, 1.54) is 38.5 Å². The second kappa shape index (κ2) is 12.2. The van der Waals surface area contributed by atoms with Gasteiger partial charge in [0, 0.05) is 0 Å². The number of hydrogen-bond acceptors (Lipinski definition) is 0. The van der Waals surface area contributed by atoms with E-state index < -0.39 is 0 Å². The van der Waals surface area contributed by atoms with Crippen LogP contribution in [0.5, 0.6) is 0 Å². The maximum atomic E-state index is 3.36. The molecule has 0 bridgehead atoms. The molecule has 0 aromatic carbocycles. The van der Waals surface area contributed by atoms with Gasteiger partial charge in [-0.3, -0.25) is 0 Å². The van der Waals surface area contributed by atoms with Crippen molar-refractivity contribution in [3.8, 4) is 0 Å². The van der Waals surface area contributed by atoms with Crippen LogP contribution < -0.4 is 0 Å². The Kier molecular flexibility index (Phi) is 12.0. The van der Waals surface area contributed by atoms with Crippen LogP contribution in [0.4, 0.5) is 0 Å². The standard InChI is InChI=1S/C12H22.C3H6.C2H6/c1-3-7-11(8-4-1)12-9-5-2-6-10-12;1-3-2;1-2/h11-12H,1-10H2;3H,1H2,2H3;1-2H3. The van der Waals surface area contributed by atoms with Gasteiger partial charge in [-0.2, -0.15) is 0 Å². The van der Waals surface area contributed by atoms with Crippen LogP contribution in [-0.4, -0.2) is 0 Å². The predicted molar refractivity (Wildman–Crippen MR) is 80.4 cm³/mol. The summed E-state index contributed by atoms with van der Waals surface area (Å²) >= 11 is 0. The average molecular weight is 238 g/mol. The lowest BCUT2D eigenvalue weighted by Gasteiger charge is -2.32. The van der Waals surface area contributed by atoms with Gasteiger partial charge in [-0.05, 0) is 18.8 Å². The minimum absolute atomic E-state index is 1.14. The normalized spacial score (nSPS) is 21.6. The first-order valence-electron chi connectivity index (χ1n) is 7.95. The van der Waals surface area contributed by atoms with Crippen LogP contribution in [0.25, 0.3) is 0 Å². The summed E-state index contributed by atoms with van der Waals surface area (Å²) in [6.45, 7) is 9.25. The zero-order chi connectivity index (χ0) is 12.9. The molecule has 0 aromatic rings. The molecule has 0 spiro atoms. The Bertz CT molecular complexity index is 131. The van der Waals surface area contributed by atoms with Crippen LogP contribution in [0.3, 0.4) is 0 Å². The van der Waals surface area contributed by atoms with Gasteiger partial charge >= 0.3 is 0 Å². The fourth-order valence-electron chi connectivity index (χ4n) is 3.21. The van der Waals surface area contributed by atoms with Crippen molar-refractivity contribution < 1.29 is 0 Å². The molecule has 0 heterocycles. The van der Waals surface area contributed by atoms with Crippen LogP contribution in [0, 0.1) is 11.8 Å². The van der Waals surface area contributed by atoms with Crippen molar-refractivity contribution in [1.82, 2.24) is 0 Å². The van der Waals surface area contributed by atoms with E-state index in [0.717, 1.165) is 11.8 Å². The van der Waals surface area contributed by atoms with Crippen LogP contribution in [0.2, 0.25) is 0 Å². The molecule has 17 heavy (non-hydrogen) atoms. The molecule has 0 heteroatoms. The first-order chi connectivity index (χ1) is 8.38. The van der Waals surface area contributed by atoms with Gasteiger partial charge in [-0.1, -0.05) is 84.1 Å². The molecule has 0 saturated heterocycles. The predicted octanol–water partition coefficient (Wildman–Crippen LogP) is 6.37. The van der Waals surface area contributed by atoms with E-state index >= 15 is 0 Å². The Morgan fingerprint density at radius 1 is 0.706 bits per heavy atom. The largest absolute Gasteiger partial charge is 0.103 e. The van der Waals surface area contributed by atoms with Gasteiger partial charge in [0.2, 0.25) is 0 Å². The Balaban J connectivity index is 0.000000450. The minimum atomic E-state index is 1.14. The number of allylic oxidation sites excluding steroid dienone is 1. The van der Waals surface area contributed by atoms with E-state index in [1.807, 2.05) is 20.8 Å². The van der Waals surface area contributed by atoms with Crippen molar-refractivity contribution in [2.24, 2.45) is 11.8 Å². The Hall–Kier alpha value is -0.260. The number of rotatable bonds is 1. The van der Waals surface area contributed by atoms with Gasteiger partial charge in [0.1, 0.15) is 0 Å². The van der Waals surface area contributed by atoms with Crippen molar-refractivity contribution in [3.63, 3.8) is 0 Å². The first kappa shape index (κ1) is 16.7. The molecule has 0 aliphatic heterocycles. The summed E-state index contributed by atoms with van der Waals surface area (Å²) in [6.07, 6.45) is 17.1. The first-order valence-corrected chi connectivity index (χ1v) is 7.95. The summed E-state index contributed by atoms with van der Waals surface area (Å²) in [6, 6.07) is 0. The highest BCUT2D eigenvalue weighted by Crippen LogP contribution is 2.37. The molecule has 2 aliphatic rings. The van der Waals surface area contributed by atoms with Crippen molar-refractivity contribution in [3.05, 3.63) is 12.7 Å². The van der Waals surface area contributed by atoms with Gasteiger partial charge in [0.05, 0.1) is 0 Å². The number of hydrogen-bond donors (Lipinski definition) is 0. The van der Waals surface area contributed by atoms with Crippen molar-refractivity contribution in [2.45, 2.75) is 85.0 Å². The lowest BCUT2D eigenvalue weighted by atomic mass is 9.73. The highest BCUT2D eigenvalue weighted by Gasteiger charge is 2.24. The molecule has 2 aliphatic carbocycles. The third kappa shape index (κ3) is 7.63. The fourth-order valence-corrected chi connectivity index (χ4v) is 3.21. The third-order valence-electron chi connectivity index (χ3n) is 3.97. The third-order valence-corrected chi connectivity index (χ3v) is 3.97. The van der Waals surface area contributed by atoms with Crippen molar-refractivity contribution in [1.29, 1.82) is 0 Å². The molecular formula is C17H34. The van der Waals surface area contributed by atoms with E-state index in [4.69, 9.17) is 0 Å². The van der Waals surface area contributed by atoms with Crippen molar-refractivity contribution >= 4 is 0 Å². The van der Waals surface area contributed by atoms with Crippen LogP contribution in [0.1, 0.15) is 85.0 Å². The van der Waals surface area contributed by atoms with Gasteiger partial charge in [-0.15, -0.1) is 6.58 Å². The zero-order valence-corrected chi connectivity index (χ0v) is 12.5. The molecule has 0 amide bonds. The monoisotopic (exact) mass is 238 g/mol. The molecule has 102 valence electrons. The summed E-state index contributed by atoms with van der Waals surface area (Å²) in [4.78, 5) is 0. The van der Waals surface area contributed by atoms with E-state index in [9.17, 15) is 0 Å². The van der Waals surface area contributed by atoms with E-state index in [2.05, 4.69) is 6.58 Å². The van der Waals surface area contributed by atoms with Gasteiger partial charge in [0.25, 0.3) is 0 Å². The topological polar surface area (TPSA) is 0 Å². The summed E-state index contributed by atoms with van der Waals surface area (Å²) in [7, 11) is 0. The molecule has 2 fully saturated rings. The Morgan fingerprint density at radius 3 is 1.18 bits per heavy atom. The molecule has 0 radical (unpaired) electrons. The SMILES string of the molecule is C1CCC(C2CCCCC2)CC1.C=CC.CC. The molecule has 0 unspecified atom stereocenters. The lowest BCUT2D eigenvalue weighted by Crippen LogP contribution is -2.20. The van der Waals surface area contributed by atoms with Gasteiger partial charge in [-0.25, -0.2) is 0 Å². The molecule has 0 N–H and O–H groups in total. The second-order valence-corrected chi connectivity index (χ2v) is 5.20. The highest BCUT2D eigenvalue weighted by atomic mass is 14.3. The lowest BCUT2D eigenvalue weighted by molar-refractivity contribution is 0.196. The van der Waals surface area contributed by atoms with Crippen LogP contribution in [-0.2, 0) is 0 Å². The fraction of sp³-hybridized carbons (Fsp3) is 0.882. The molecule has 0 nitrogen and oxygen atoms in total. The molecular weight excluding hydrogens is 204 g/mol. The molecule has 2 rings (SSSR count). The maximum Gasteiger partial charge on any atom is -0.0386 e. The van der Waals surface area contributed by atoms with Gasteiger partial charge < -0.3 is 0 Å². The van der Waals surface area contributed by atoms with Crippen LogP contribution >= 0.6 is 0 Å². The minimum Gasteiger partial charge on any atom is -0.103 e. The smallest absolute Gasteiger partial charge is 0.0386 e. The Morgan fingerprint density at radius 2 is 0.941 bits per heavy atom. The average Bonchev–Trinajstić information content (AvgIpc) is 2.44. The van der Waals surface area contributed by atoms with Gasteiger partial charge in [0.15, 0.2) is 0 Å². The van der Waals surface area contributed by atoms with Crippen LogP contribution in [0.15, 0.2) is 12.7 Å². The summed E-state index contributed by atoms with van der Waals surface area (Å²) in [5.74, 6) is 2.28. The second-order valence-electron chi connectivity index (χ2n) is 5.20. The summed E-state index contributed by atoms with van der Waals surface area (Å²) in [5, 5.41) is 0. The Labute approximate surface area is 110 Å². The van der Waals surface area contributed by atoms with E-state index in [1.54, 1.807) is 31.8 Å².